The number of carbonyl (C=O) groups is 2. The molecule has 8 heteroatoms. The first-order valence-electron chi connectivity index (χ1n) is 10.2. The number of rotatable bonds is 7. The minimum atomic E-state index is -0.648. The van der Waals surface area contributed by atoms with Gasteiger partial charge in [-0.3, -0.25) is 9.59 Å². The highest BCUT2D eigenvalue weighted by atomic mass is 35.5. The number of hydrogen-bond acceptors (Lipinski definition) is 2. The van der Waals surface area contributed by atoms with Gasteiger partial charge in [0, 0.05) is 12.6 Å². The molecular formula is C23H24Cl4N2O2. The maximum absolute atomic E-state index is 13.3. The van der Waals surface area contributed by atoms with Gasteiger partial charge >= 0.3 is 0 Å². The lowest BCUT2D eigenvalue weighted by atomic mass is 10.1. The van der Waals surface area contributed by atoms with E-state index in [1.165, 1.54) is 0 Å². The molecule has 166 valence electrons. The quantitative estimate of drug-likeness (QED) is 0.482. The van der Waals surface area contributed by atoms with Crippen LogP contribution in [0.3, 0.4) is 0 Å². The number of amides is 2. The fraction of sp³-hybridized carbons (Fsp3) is 0.391. The second kappa shape index (κ2) is 10.9. The van der Waals surface area contributed by atoms with Gasteiger partial charge in [-0.25, -0.2) is 0 Å². The molecule has 0 aromatic heterocycles. The van der Waals surface area contributed by atoms with Crippen molar-refractivity contribution in [3.63, 3.8) is 0 Å². The highest BCUT2D eigenvalue weighted by Gasteiger charge is 2.28. The molecule has 3 rings (SSSR count). The van der Waals surface area contributed by atoms with Crippen LogP contribution in [0.4, 0.5) is 0 Å². The van der Waals surface area contributed by atoms with Crippen molar-refractivity contribution in [1.82, 2.24) is 10.2 Å². The number of hydrogen-bond donors (Lipinski definition) is 1. The molecule has 31 heavy (non-hydrogen) atoms. The average molecular weight is 502 g/mol. The predicted octanol–water partition coefficient (Wildman–Crippen LogP) is 6.32. The summed E-state index contributed by atoms with van der Waals surface area (Å²) in [6.45, 7) is 1.98. The standard InChI is InChI=1S/C23H24Cl4N2O2/c1-14(23(31)28-17-4-2-3-5-17)29(13-16-7-9-19(25)21(27)11-16)22(30)12-15-6-8-18(24)20(26)10-15/h6-11,14,17H,2-5,12-13H2,1H3,(H,28,31)/t14-/m0/s1. The van der Waals surface area contributed by atoms with Gasteiger partial charge in [0.2, 0.25) is 11.8 Å². The first-order valence-corrected chi connectivity index (χ1v) is 11.7. The van der Waals surface area contributed by atoms with E-state index in [0.29, 0.717) is 20.1 Å². The lowest BCUT2D eigenvalue weighted by molar-refractivity contribution is -0.140. The smallest absolute Gasteiger partial charge is 0.242 e. The molecule has 1 aliphatic carbocycles. The van der Waals surface area contributed by atoms with Crippen LogP contribution in [0.25, 0.3) is 0 Å². The summed E-state index contributed by atoms with van der Waals surface area (Å²) in [5.74, 6) is -0.354. The number of nitrogens with zero attached hydrogens (tertiary/aromatic N) is 1. The van der Waals surface area contributed by atoms with Crippen LogP contribution in [0.5, 0.6) is 0 Å². The summed E-state index contributed by atoms with van der Waals surface area (Å²) >= 11 is 24.3. The topological polar surface area (TPSA) is 49.4 Å². The first kappa shape index (κ1) is 24.2. The molecule has 1 aliphatic rings. The maximum atomic E-state index is 13.3. The number of nitrogens with one attached hydrogen (secondary N) is 1. The largest absolute Gasteiger partial charge is 0.352 e. The van der Waals surface area contributed by atoms with Crippen molar-refractivity contribution in [2.24, 2.45) is 0 Å². The normalized spacial score (nSPS) is 15.0. The number of benzene rings is 2. The molecule has 2 amide bonds. The summed E-state index contributed by atoms with van der Waals surface area (Å²) in [6, 6.07) is 9.81. The first-order chi connectivity index (χ1) is 14.7. The highest BCUT2D eigenvalue weighted by molar-refractivity contribution is 6.42. The van der Waals surface area contributed by atoms with Crippen molar-refractivity contribution in [2.75, 3.05) is 0 Å². The van der Waals surface area contributed by atoms with Gasteiger partial charge < -0.3 is 10.2 Å². The van der Waals surface area contributed by atoms with E-state index < -0.39 is 6.04 Å². The van der Waals surface area contributed by atoms with Crippen LogP contribution < -0.4 is 5.32 Å². The minimum Gasteiger partial charge on any atom is -0.352 e. The summed E-state index contributed by atoms with van der Waals surface area (Å²) in [5, 5.41) is 4.73. The fourth-order valence-corrected chi connectivity index (χ4v) is 4.38. The van der Waals surface area contributed by atoms with Crippen molar-refractivity contribution >= 4 is 58.2 Å². The van der Waals surface area contributed by atoms with Gasteiger partial charge in [-0.05, 0) is 55.2 Å². The molecule has 0 aliphatic heterocycles. The third kappa shape index (κ3) is 6.52. The van der Waals surface area contributed by atoms with Crippen molar-refractivity contribution in [3.05, 3.63) is 67.6 Å². The third-order valence-corrected chi connectivity index (χ3v) is 7.02. The van der Waals surface area contributed by atoms with Crippen LogP contribution >= 0.6 is 46.4 Å². The van der Waals surface area contributed by atoms with Gasteiger partial charge in [0.15, 0.2) is 0 Å². The van der Waals surface area contributed by atoms with Crippen LogP contribution in [0, 0.1) is 0 Å². The Hall–Kier alpha value is -1.46. The van der Waals surface area contributed by atoms with Crippen molar-refractivity contribution in [2.45, 2.75) is 57.7 Å². The second-order valence-electron chi connectivity index (χ2n) is 7.86. The lowest BCUT2D eigenvalue weighted by Gasteiger charge is -2.30. The SMILES string of the molecule is C[C@@H](C(=O)NC1CCCC1)N(Cc1ccc(Cl)c(Cl)c1)C(=O)Cc1ccc(Cl)c(Cl)c1. The van der Waals surface area contributed by atoms with Crippen LogP contribution in [-0.4, -0.2) is 28.8 Å². The second-order valence-corrected chi connectivity index (χ2v) is 9.49. The van der Waals surface area contributed by atoms with Gasteiger partial charge in [-0.15, -0.1) is 0 Å². The predicted molar refractivity (Wildman–Crippen MR) is 127 cm³/mol. The third-order valence-electron chi connectivity index (χ3n) is 5.55. The molecule has 1 fully saturated rings. The Kier molecular flexibility index (Phi) is 8.51. The van der Waals surface area contributed by atoms with Crippen LogP contribution in [-0.2, 0) is 22.6 Å². The van der Waals surface area contributed by atoms with E-state index in [0.717, 1.165) is 36.8 Å². The Balaban J connectivity index is 1.80. The molecule has 1 saturated carbocycles. The Morgan fingerprint density at radius 3 is 2.06 bits per heavy atom. The highest BCUT2D eigenvalue weighted by Crippen LogP contribution is 2.26. The molecular weight excluding hydrogens is 478 g/mol. The van der Waals surface area contributed by atoms with Crippen molar-refractivity contribution < 1.29 is 9.59 Å². The Labute approximate surface area is 202 Å². The van der Waals surface area contributed by atoms with E-state index in [-0.39, 0.29) is 30.8 Å². The molecule has 0 saturated heterocycles. The van der Waals surface area contributed by atoms with Gasteiger partial charge in [-0.2, -0.15) is 0 Å². The summed E-state index contributed by atoms with van der Waals surface area (Å²) in [4.78, 5) is 27.7. The fourth-order valence-electron chi connectivity index (χ4n) is 3.74. The van der Waals surface area contributed by atoms with E-state index >= 15 is 0 Å². The Morgan fingerprint density at radius 2 is 1.48 bits per heavy atom. The zero-order valence-electron chi connectivity index (χ0n) is 17.1. The monoisotopic (exact) mass is 500 g/mol. The zero-order valence-corrected chi connectivity index (χ0v) is 20.2. The van der Waals surface area contributed by atoms with E-state index in [1.807, 2.05) is 0 Å². The molecule has 0 radical (unpaired) electrons. The average Bonchev–Trinajstić information content (AvgIpc) is 3.24. The molecule has 2 aromatic carbocycles. The molecule has 1 atom stereocenters. The van der Waals surface area contributed by atoms with E-state index in [9.17, 15) is 9.59 Å². The minimum absolute atomic E-state index is 0.0965. The van der Waals surface area contributed by atoms with E-state index in [2.05, 4.69) is 5.32 Å². The van der Waals surface area contributed by atoms with Gasteiger partial charge in [-0.1, -0.05) is 71.4 Å². The number of carbonyl (C=O) groups excluding carboxylic acids is 2. The molecule has 1 N–H and O–H groups in total. The summed E-state index contributed by atoms with van der Waals surface area (Å²) in [5.41, 5.74) is 1.51. The van der Waals surface area contributed by atoms with Crippen molar-refractivity contribution in [1.29, 1.82) is 0 Å². The van der Waals surface area contributed by atoms with Crippen LogP contribution in [0.1, 0.15) is 43.7 Å². The van der Waals surface area contributed by atoms with Gasteiger partial charge in [0.05, 0.1) is 26.5 Å². The zero-order chi connectivity index (χ0) is 22.5. The van der Waals surface area contributed by atoms with Gasteiger partial charge in [0.1, 0.15) is 6.04 Å². The Bertz CT molecular complexity index is 961. The molecule has 0 spiro atoms. The van der Waals surface area contributed by atoms with Crippen LogP contribution in [0.15, 0.2) is 36.4 Å². The summed E-state index contributed by atoms with van der Waals surface area (Å²) in [6.07, 6.45) is 4.27. The van der Waals surface area contributed by atoms with Crippen molar-refractivity contribution in [3.8, 4) is 0 Å². The summed E-state index contributed by atoms with van der Waals surface area (Å²) in [7, 11) is 0. The van der Waals surface area contributed by atoms with Crippen LogP contribution in [0.2, 0.25) is 20.1 Å². The van der Waals surface area contributed by atoms with E-state index in [4.69, 9.17) is 46.4 Å². The maximum Gasteiger partial charge on any atom is 0.242 e. The lowest BCUT2D eigenvalue weighted by Crippen LogP contribution is -2.50. The van der Waals surface area contributed by atoms with Gasteiger partial charge in [0.25, 0.3) is 0 Å². The molecule has 2 aromatic rings. The molecule has 0 bridgehead atoms. The van der Waals surface area contributed by atoms with E-state index in [1.54, 1.807) is 48.2 Å². The molecule has 4 nitrogen and oxygen atoms in total. The number of halogens is 4. The molecule has 0 unspecified atom stereocenters. The molecule has 0 heterocycles. The Morgan fingerprint density at radius 1 is 0.935 bits per heavy atom. The summed E-state index contributed by atoms with van der Waals surface area (Å²) < 4.78 is 0.